The van der Waals surface area contributed by atoms with E-state index < -0.39 is 0 Å². The number of benzene rings is 1. The summed E-state index contributed by atoms with van der Waals surface area (Å²) < 4.78 is 1.89. The largest absolute Gasteiger partial charge is 0.324 e. The molecule has 0 bridgehead atoms. The summed E-state index contributed by atoms with van der Waals surface area (Å²) in [5.41, 5.74) is 1.35. The van der Waals surface area contributed by atoms with Crippen LogP contribution in [0.4, 0.5) is 5.69 Å². The summed E-state index contributed by atoms with van der Waals surface area (Å²) in [6, 6.07) is 8.64. The van der Waals surface area contributed by atoms with Crippen molar-refractivity contribution in [3.8, 4) is 11.4 Å². The molecular weight excluding hydrogens is 405 g/mol. The zero-order chi connectivity index (χ0) is 19.2. The molecule has 27 heavy (non-hydrogen) atoms. The van der Waals surface area contributed by atoms with E-state index >= 15 is 0 Å². The molecule has 138 valence electrons. The maximum absolute atomic E-state index is 12.3. The molecule has 0 aliphatic carbocycles. The van der Waals surface area contributed by atoms with Gasteiger partial charge in [0.25, 0.3) is 0 Å². The Morgan fingerprint density at radius 2 is 2.15 bits per heavy atom. The van der Waals surface area contributed by atoms with Gasteiger partial charge in [-0.15, -0.1) is 16.8 Å². The number of carbonyl (C=O) groups is 1. The summed E-state index contributed by atoms with van der Waals surface area (Å²) in [6.45, 7) is 4.29. The Balaban J connectivity index is 1.71. The minimum absolute atomic E-state index is 0.154. The van der Waals surface area contributed by atoms with Crippen molar-refractivity contribution >= 4 is 46.6 Å². The maximum atomic E-state index is 12.3. The topological polar surface area (TPSA) is 72.7 Å². The van der Waals surface area contributed by atoms with Crippen LogP contribution in [0.25, 0.3) is 11.4 Å². The van der Waals surface area contributed by atoms with Crippen LogP contribution < -0.4 is 5.32 Å². The van der Waals surface area contributed by atoms with Crippen LogP contribution in [0.3, 0.4) is 0 Å². The Hall–Kier alpha value is -2.35. The number of rotatable bonds is 7. The maximum Gasteiger partial charge on any atom is 0.234 e. The molecule has 3 rings (SSSR count). The van der Waals surface area contributed by atoms with Crippen LogP contribution in [-0.4, -0.2) is 31.4 Å². The van der Waals surface area contributed by atoms with Crippen molar-refractivity contribution in [1.29, 1.82) is 0 Å². The summed E-state index contributed by atoms with van der Waals surface area (Å²) in [5.74, 6) is 0.619. The lowest BCUT2D eigenvalue weighted by Gasteiger charge is -2.09. The number of pyridine rings is 1. The van der Waals surface area contributed by atoms with Crippen LogP contribution in [0.2, 0.25) is 10.0 Å². The van der Waals surface area contributed by atoms with Gasteiger partial charge in [0, 0.05) is 29.5 Å². The zero-order valence-corrected chi connectivity index (χ0v) is 16.4. The van der Waals surface area contributed by atoms with Crippen molar-refractivity contribution in [3.05, 3.63) is 65.4 Å². The van der Waals surface area contributed by atoms with E-state index in [2.05, 4.69) is 27.1 Å². The number of anilines is 1. The lowest BCUT2D eigenvalue weighted by molar-refractivity contribution is -0.113. The zero-order valence-electron chi connectivity index (χ0n) is 14.1. The molecule has 2 heterocycles. The van der Waals surface area contributed by atoms with Gasteiger partial charge in [0.1, 0.15) is 0 Å². The third kappa shape index (κ3) is 4.88. The number of aromatic nitrogens is 4. The molecular formula is C18H15Cl2N5OS. The first kappa shape index (κ1) is 19.4. The van der Waals surface area contributed by atoms with E-state index in [0.29, 0.717) is 33.3 Å². The SMILES string of the molecule is C=CCn1c(SCC(=O)Nc2ccc(Cl)cc2Cl)nnc1-c1cccnc1. The molecule has 6 nitrogen and oxygen atoms in total. The van der Waals surface area contributed by atoms with E-state index in [1.54, 1.807) is 36.7 Å². The van der Waals surface area contributed by atoms with Crippen LogP contribution in [0.5, 0.6) is 0 Å². The molecule has 3 aromatic rings. The van der Waals surface area contributed by atoms with Crippen LogP contribution in [0, 0.1) is 0 Å². The number of thioether (sulfide) groups is 1. The van der Waals surface area contributed by atoms with Crippen LogP contribution in [0.15, 0.2) is 60.5 Å². The Morgan fingerprint density at radius 1 is 1.30 bits per heavy atom. The van der Waals surface area contributed by atoms with E-state index in [1.807, 2.05) is 16.7 Å². The van der Waals surface area contributed by atoms with Gasteiger partial charge in [-0.2, -0.15) is 0 Å². The van der Waals surface area contributed by atoms with E-state index in [1.165, 1.54) is 11.8 Å². The molecule has 0 saturated carbocycles. The molecule has 0 saturated heterocycles. The highest BCUT2D eigenvalue weighted by molar-refractivity contribution is 7.99. The van der Waals surface area contributed by atoms with Gasteiger partial charge in [-0.1, -0.05) is 41.0 Å². The van der Waals surface area contributed by atoms with Gasteiger partial charge < -0.3 is 5.32 Å². The minimum Gasteiger partial charge on any atom is -0.324 e. The number of nitrogens with one attached hydrogen (secondary N) is 1. The number of hydrogen-bond donors (Lipinski definition) is 1. The number of allylic oxidation sites excluding steroid dienone is 1. The number of amides is 1. The van der Waals surface area contributed by atoms with Gasteiger partial charge in [-0.3, -0.25) is 14.3 Å². The summed E-state index contributed by atoms with van der Waals surface area (Å²) >= 11 is 13.2. The number of nitrogens with zero attached hydrogens (tertiary/aromatic N) is 4. The van der Waals surface area contributed by atoms with Crippen LogP contribution in [-0.2, 0) is 11.3 Å². The first-order valence-electron chi connectivity index (χ1n) is 7.90. The van der Waals surface area contributed by atoms with Crippen molar-refractivity contribution in [2.45, 2.75) is 11.7 Å². The van der Waals surface area contributed by atoms with Gasteiger partial charge in [0.15, 0.2) is 11.0 Å². The van der Waals surface area contributed by atoms with E-state index in [0.717, 1.165) is 5.56 Å². The highest BCUT2D eigenvalue weighted by Gasteiger charge is 2.15. The van der Waals surface area contributed by atoms with Gasteiger partial charge >= 0.3 is 0 Å². The number of halogens is 2. The molecule has 0 spiro atoms. The third-order valence-electron chi connectivity index (χ3n) is 3.49. The molecule has 0 unspecified atom stereocenters. The standard InChI is InChI=1S/C18H15Cl2N5OS/c1-2-8-25-17(12-4-3-7-21-10-12)23-24-18(25)27-11-16(26)22-15-6-5-13(19)9-14(15)20/h2-7,9-10H,1,8,11H2,(H,22,26). The average molecular weight is 420 g/mol. The molecule has 1 amide bonds. The molecule has 1 N–H and O–H groups in total. The Morgan fingerprint density at radius 3 is 2.85 bits per heavy atom. The summed E-state index contributed by atoms with van der Waals surface area (Å²) in [6.07, 6.45) is 5.16. The molecule has 2 aromatic heterocycles. The van der Waals surface area contributed by atoms with Gasteiger partial charge in [0.2, 0.25) is 5.91 Å². The summed E-state index contributed by atoms with van der Waals surface area (Å²) in [5, 5.41) is 12.7. The predicted octanol–water partition coefficient (Wildman–Crippen LogP) is 4.56. The van der Waals surface area contributed by atoms with Crippen molar-refractivity contribution < 1.29 is 4.79 Å². The third-order valence-corrected chi connectivity index (χ3v) is 5.00. The van der Waals surface area contributed by atoms with Crippen molar-refractivity contribution in [2.24, 2.45) is 0 Å². The predicted molar refractivity (Wildman–Crippen MR) is 109 cm³/mol. The van der Waals surface area contributed by atoms with Crippen LogP contribution >= 0.6 is 35.0 Å². The Kier molecular flexibility index (Phi) is 6.49. The lowest BCUT2D eigenvalue weighted by atomic mass is 10.3. The highest BCUT2D eigenvalue weighted by atomic mass is 35.5. The number of hydrogen-bond acceptors (Lipinski definition) is 5. The van der Waals surface area contributed by atoms with Crippen molar-refractivity contribution in [1.82, 2.24) is 19.7 Å². The fourth-order valence-corrected chi connectivity index (χ4v) is 3.51. The molecule has 1 aromatic carbocycles. The molecule has 0 radical (unpaired) electrons. The molecule has 0 aliphatic rings. The second kappa shape index (κ2) is 9.03. The quantitative estimate of drug-likeness (QED) is 0.448. The normalized spacial score (nSPS) is 10.6. The monoisotopic (exact) mass is 419 g/mol. The first-order valence-corrected chi connectivity index (χ1v) is 9.65. The Bertz CT molecular complexity index is 962. The van der Waals surface area contributed by atoms with Crippen LogP contribution in [0.1, 0.15) is 0 Å². The second-order valence-electron chi connectivity index (χ2n) is 5.41. The van der Waals surface area contributed by atoms with Crippen molar-refractivity contribution in [3.63, 3.8) is 0 Å². The van der Waals surface area contributed by atoms with E-state index in [9.17, 15) is 4.79 Å². The average Bonchev–Trinajstić information content (AvgIpc) is 3.06. The second-order valence-corrected chi connectivity index (χ2v) is 7.19. The van der Waals surface area contributed by atoms with Gasteiger partial charge in [-0.25, -0.2) is 0 Å². The van der Waals surface area contributed by atoms with Gasteiger partial charge in [0.05, 0.1) is 16.5 Å². The number of carbonyl (C=O) groups excluding carboxylic acids is 1. The lowest BCUT2D eigenvalue weighted by Crippen LogP contribution is -2.15. The van der Waals surface area contributed by atoms with Crippen molar-refractivity contribution in [2.75, 3.05) is 11.1 Å². The van der Waals surface area contributed by atoms with Gasteiger partial charge in [-0.05, 0) is 30.3 Å². The molecule has 0 aliphatic heterocycles. The molecule has 0 atom stereocenters. The summed E-state index contributed by atoms with van der Waals surface area (Å²) in [4.78, 5) is 16.4. The minimum atomic E-state index is -0.208. The van der Waals surface area contributed by atoms with E-state index in [-0.39, 0.29) is 11.7 Å². The first-order chi connectivity index (χ1) is 13.1. The Labute approximate surface area is 170 Å². The summed E-state index contributed by atoms with van der Waals surface area (Å²) in [7, 11) is 0. The fourth-order valence-electron chi connectivity index (χ4n) is 2.30. The fraction of sp³-hybridized carbons (Fsp3) is 0.111. The molecule has 9 heteroatoms. The van der Waals surface area contributed by atoms with E-state index in [4.69, 9.17) is 23.2 Å². The molecule has 0 fully saturated rings. The highest BCUT2D eigenvalue weighted by Crippen LogP contribution is 2.27. The smallest absolute Gasteiger partial charge is 0.234 e.